The molecule has 3 rings (SSSR count). The van der Waals surface area contributed by atoms with Gasteiger partial charge in [0.05, 0.1) is 29.4 Å². The van der Waals surface area contributed by atoms with Crippen molar-refractivity contribution in [3.8, 4) is 0 Å². The van der Waals surface area contributed by atoms with E-state index in [-0.39, 0.29) is 23.2 Å². The van der Waals surface area contributed by atoms with Gasteiger partial charge in [-0.25, -0.2) is 4.79 Å². The number of amides is 1. The van der Waals surface area contributed by atoms with Crippen LogP contribution >= 0.6 is 0 Å². The summed E-state index contributed by atoms with van der Waals surface area (Å²) in [6.07, 6.45) is 0. The summed E-state index contributed by atoms with van der Waals surface area (Å²) in [6.45, 7) is 5.33. The van der Waals surface area contributed by atoms with Crippen molar-refractivity contribution in [1.82, 2.24) is 0 Å². The topological polar surface area (TPSA) is 102 Å². The molecule has 1 fully saturated rings. The van der Waals surface area contributed by atoms with E-state index in [1.54, 1.807) is 17.0 Å². The first-order chi connectivity index (χ1) is 14.9. The molecule has 1 amide bonds. The molecule has 1 saturated heterocycles. The third-order valence-corrected chi connectivity index (χ3v) is 4.91. The van der Waals surface area contributed by atoms with Crippen molar-refractivity contribution < 1.29 is 24.0 Å². The Morgan fingerprint density at radius 3 is 2.45 bits per heavy atom. The molecule has 0 aromatic heterocycles. The van der Waals surface area contributed by atoms with Crippen LogP contribution in [0.2, 0.25) is 0 Å². The van der Waals surface area contributed by atoms with Gasteiger partial charge in [-0.15, -0.1) is 0 Å². The summed E-state index contributed by atoms with van der Waals surface area (Å²) in [5, 5.41) is 11.2. The number of hydrogen-bond donors (Lipinski definition) is 0. The molecule has 164 valence electrons. The largest absolute Gasteiger partial charge is 0.452 e. The van der Waals surface area contributed by atoms with E-state index in [1.165, 1.54) is 18.2 Å². The maximum atomic E-state index is 12.8. The average Bonchev–Trinajstić information content (AvgIpc) is 2.78. The molecule has 0 radical (unpaired) electrons. The van der Waals surface area contributed by atoms with E-state index in [0.717, 1.165) is 0 Å². The highest BCUT2D eigenvalue weighted by Crippen LogP contribution is 2.27. The van der Waals surface area contributed by atoms with E-state index in [2.05, 4.69) is 0 Å². The average molecular weight is 427 g/mol. The van der Waals surface area contributed by atoms with Crippen molar-refractivity contribution in [2.75, 3.05) is 42.7 Å². The van der Waals surface area contributed by atoms with Gasteiger partial charge in [0.1, 0.15) is 0 Å². The summed E-state index contributed by atoms with van der Waals surface area (Å²) in [4.78, 5) is 39.7. The molecule has 0 spiro atoms. The molecule has 0 atom stereocenters. The number of rotatable bonds is 7. The van der Waals surface area contributed by atoms with Gasteiger partial charge in [0.25, 0.3) is 11.6 Å². The second-order valence-corrected chi connectivity index (χ2v) is 7.33. The zero-order valence-electron chi connectivity index (χ0n) is 17.5. The molecule has 9 nitrogen and oxygen atoms in total. The van der Waals surface area contributed by atoms with Gasteiger partial charge >= 0.3 is 5.97 Å². The number of para-hydroxylation sites is 1. The molecule has 1 aliphatic rings. The lowest BCUT2D eigenvalue weighted by atomic mass is 10.1. The number of nitrogens with zero attached hydrogens (tertiary/aromatic N) is 3. The van der Waals surface area contributed by atoms with Crippen molar-refractivity contribution in [2.45, 2.75) is 19.9 Å². The summed E-state index contributed by atoms with van der Waals surface area (Å²) < 4.78 is 10.6. The SMILES string of the molecule is CC(C)N(C(=O)COC(=O)c1cc([N+](=O)[O-])ccc1N1CCOCC1)c1ccccc1. The number of nitro benzene ring substituents is 1. The van der Waals surface area contributed by atoms with E-state index in [0.29, 0.717) is 37.7 Å². The Kier molecular flexibility index (Phi) is 7.19. The molecule has 0 N–H and O–H groups in total. The first kappa shape index (κ1) is 22.2. The number of esters is 1. The minimum Gasteiger partial charge on any atom is -0.452 e. The molecule has 9 heteroatoms. The van der Waals surface area contributed by atoms with Gasteiger partial charge in [0.15, 0.2) is 6.61 Å². The third-order valence-electron chi connectivity index (χ3n) is 4.91. The number of carbonyl (C=O) groups is 2. The van der Waals surface area contributed by atoms with E-state index in [4.69, 9.17) is 9.47 Å². The minimum absolute atomic E-state index is 0.0553. The maximum absolute atomic E-state index is 12.8. The van der Waals surface area contributed by atoms with Crippen LogP contribution in [0.5, 0.6) is 0 Å². The first-order valence-electron chi connectivity index (χ1n) is 10.0. The summed E-state index contributed by atoms with van der Waals surface area (Å²) in [5.74, 6) is -1.16. The van der Waals surface area contributed by atoms with Gasteiger partial charge in [0.2, 0.25) is 0 Å². The lowest BCUT2D eigenvalue weighted by Gasteiger charge is -2.30. The molecular formula is C22H25N3O6. The molecule has 2 aromatic rings. The van der Waals surface area contributed by atoms with Crippen molar-refractivity contribution in [3.63, 3.8) is 0 Å². The molecule has 1 heterocycles. The Morgan fingerprint density at radius 1 is 1.16 bits per heavy atom. The van der Waals surface area contributed by atoms with Crippen LogP contribution in [0.4, 0.5) is 17.1 Å². The third kappa shape index (κ3) is 5.37. The smallest absolute Gasteiger partial charge is 0.341 e. The van der Waals surface area contributed by atoms with Crippen LogP contribution in [-0.2, 0) is 14.3 Å². The van der Waals surface area contributed by atoms with E-state index < -0.39 is 17.5 Å². The maximum Gasteiger partial charge on any atom is 0.341 e. The van der Waals surface area contributed by atoms with Crippen molar-refractivity contribution in [3.05, 3.63) is 64.2 Å². The number of benzene rings is 2. The van der Waals surface area contributed by atoms with E-state index in [1.807, 2.05) is 36.9 Å². The van der Waals surface area contributed by atoms with Gasteiger partial charge in [0, 0.05) is 37.0 Å². The van der Waals surface area contributed by atoms with Gasteiger partial charge < -0.3 is 19.3 Å². The first-order valence-corrected chi connectivity index (χ1v) is 10.0. The lowest BCUT2D eigenvalue weighted by molar-refractivity contribution is -0.384. The zero-order valence-corrected chi connectivity index (χ0v) is 17.5. The highest BCUT2D eigenvalue weighted by atomic mass is 16.6. The molecular weight excluding hydrogens is 402 g/mol. The van der Waals surface area contributed by atoms with Crippen LogP contribution in [-0.4, -0.2) is 55.8 Å². The highest BCUT2D eigenvalue weighted by Gasteiger charge is 2.25. The number of hydrogen-bond acceptors (Lipinski definition) is 7. The monoisotopic (exact) mass is 427 g/mol. The summed E-state index contributed by atoms with van der Waals surface area (Å²) >= 11 is 0. The predicted molar refractivity (Wildman–Crippen MR) is 115 cm³/mol. The number of carbonyl (C=O) groups excluding carboxylic acids is 2. The number of non-ortho nitro benzene ring substituents is 1. The van der Waals surface area contributed by atoms with E-state index in [9.17, 15) is 19.7 Å². The molecule has 0 unspecified atom stereocenters. The molecule has 2 aromatic carbocycles. The Morgan fingerprint density at radius 2 is 1.84 bits per heavy atom. The quantitative estimate of drug-likeness (QED) is 0.380. The van der Waals surface area contributed by atoms with Gasteiger partial charge in [-0.1, -0.05) is 18.2 Å². The Balaban J connectivity index is 1.79. The number of morpholine rings is 1. The fraction of sp³-hybridized carbons (Fsp3) is 0.364. The van der Waals surface area contributed by atoms with Crippen LogP contribution in [0.25, 0.3) is 0 Å². The van der Waals surface area contributed by atoms with E-state index >= 15 is 0 Å². The Bertz CT molecular complexity index is 942. The normalized spacial score (nSPS) is 13.7. The number of anilines is 2. The standard InChI is InChI=1S/C22H25N3O6/c1-16(2)24(17-6-4-3-5-7-17)21(26)15-31-22(27)19-14-18(25(28)29)8-9-20(19)23-10-12-30-13-11-23/h3-9,14,16H,10-13,15H2,1-2H3. The number of nitro groups is 1. The van der Waals surface area contributed by atoms with Crippen molar-refractivity contribution in [1.29, 1.82) is 0 Å². The second kappa shape index (κ2) is 10.0. The van der Waals surface area contributed by atoms with Crippen LogP contribution in [0.1, 0.15) is 24.2 Å². The second-order valence-electron chi connectivity index (χ2n) is 7.33. The summed E-state index contributed by atoms with van der Waals surface area (Å²) in [5.41, 5.74) is 1.06. The molecule has 0 saturated carbocycles. The molecule has 0 aliphatic carbocycles. The van der Waals surface area contributed by atoms with Gasteiger partial charge in [-0.3, -0.25) is 14.9 Å². The summed E-state index contributed by atoms with van der Waals surface area (Å²) in [7, 11) is 0. The minimum atomic E-state index is -0.782. The van der Waals surface area contributed by atoms with Crippen LogP contribution in [0.15, 0.2) is 48.5 Å². The fourth-order valence-electron chi connectivity index (χ4n) is 3.47. The van der Waals surface area contributed by atoms with Crippen LogP contribution in [0.3, 0.4) is 0 Å². The fourth-order valence-corrected chi connectivity index (χ4v) is 3.47. The van der Waals surface area contributed by atoms with Gasteiger partial charge in [-0.2, -0.15) is 0 Å². The molecule has 1 aliphatic heterocycles. The van der Waals surface area contributed by atoms with Crippen molar-refractivity contribution >= 4 is 28.9 Å². The number of ether oxygens (including phenoxy) is 2. The Labute approximate surface area is 180 Å². The predicted octanol–water partition coefficient (Wildman–Crippen LogP) is 3.03. The van der Waals surface area contributed by atoms with Crippen molar-refractivity contribution in [2.24, 2.45) is 0 Å². The summed E-state index contributed by atoms with van der Waals surface area (Å²) in [6, 6.07) is 13.0. The lowest BCUT2D eigenvalue weighted by Crippen LogP contribution is -2.40. The molecule has 0 bridgehead atoms. The van der Waals surface area contributed by atoms with Gasteiger partial charge in [-0.05, 0) is 32.0 Å². The highest BCUT2D eigenvalue weighted by molar-refractivity contribution is 6.00. The zero-order chi connectivity index (χ0) is 22.4. The molecule has 31 heavy (non-hydrogen) atoms. The Hall–Kier alpha value is -3.46. The van der Waals surface area contributed by atoms with Crippen LogP contribution < -0.4 is 9.80 Å². The van der Waals surface area contributed by atoms with Crippen LogP contribution in [0, 0.1) is 10.1 Å².